The highest BCUT2D eigenvalue weighted by Crippen LogP contribution is 2.31. The molecule has 2 fully saturated rings. The first kappa shape index (κ1) is 28.5. The molecule has 0 radical (unpaired) electrons. The Bertz CT molecular complexity index is 1180. The molecule has 4 rings (SSSR count). The highest BCUT2D eigenvalue weighted by atomic mass is 35.5. The Balaban J connectivity index is 1.38. The summed E-state index contributed by atoms with van der Waals surface area (Å²) in [6, 6.07) is 4.69. The SMILES string of the molecule is C[C@@H](Nc1nc(N2CCN(C(=O)[C@@H]3CCCN3C(=O)OC(C)(C)C)CC2)ncc1Cl)c1ccc(Cl)cc1Cl. The average molecular weight is 584 g/mol. The van der Waals surface area contributed by atoms with Crippen LogP contribution in [0.1, 0.15) is 52.1 Å². The average Bonchev–Trinajstić information content (AvgIpc) is 3.34. The Morgan fingerprint density at radius 2 is 1.79 bits per heavy atom. The first-order valence-corrected chi connectivity index (χ1v) is 13.8. The van der Waals surface area contributed by atoms with Crippen molar-refractivity contribution in [3.8, 4) is 0 Å². The second-order valence-electron chi connectivity index (χ2n) is 10.5. The Morgan fingerprint density at radius 1 is 1.08 bits per heavy atom. The minimum Gasteiger partial charge on any atom is -0.444 e. The van der Waals surface area contributed by atoms with Crippen molar-refractivity contribution in [3.63, 3.8) is 0 Å². The van der Waals surface area contributed by atoms with Crippen LogP contribution < -0.4 is 10.2 Å². The number of likely N-dealkylation sites (tertiary alicyclic amines) is 1. The molecule has 1 aromatic heterocycles. The summed E-state index contributed by atoms with van der Waals surface area (Å²) in [7, 11) is 0. The number of anilines is 2. The lowest BCUT2D eigenvalue weighted by molar-refractivity contribution is -0.136. The number of hydrogen-bond donors (Lipinski definition) is 1. The van der Waals surface area contributed by atoms with E-state index in [0.717, 1.165) is 12.0 Å². The van der Waals surface area contributed by atoms with Crippen molar-refractivity contribution >= 4 is 58.6 Å². The number of ether oxygens (including phenoxy) is 1. The molecule has 2 aromatic rings. The van der Waals surface area contributed by atoms with Crippen molar-refractivity contribution in [1.82, 2.24) is 19.8 Å². The van der Waals surface area contributed by atoms with Crippen LogP contribution in [0.2, 0.25) is 15.1 Å². The van der Waals surface area contributed by atoms with E-state index in [4.69, 9.17) is 39.5 Å². The van der Waals surface area contributed by atoms with Gasteiger partial charge in [-0.25, -0.2) is 9.78 Å². The number of halogens is 3. The highest BCUT2D eigenvalue weighted by Gasteiger charge is 2.39. The van der Waals surface area contributed by atoms with Crippen molar-refractivity contribution in [2.45, 2.75) is 58.2 Å². The van der Waals surface area contributed by atoms with Gasteiger partial charge in [0.05, 0.1) is 12.2 Å². The summed E-state index contributed by atoms with van der Waals surface area (Å²) >= 11 is 18.8. The number of nitrogens with zero attached hydrogens (tertiary/aromatic N) is 5. The number of aromatic nitrogens is 2. The van der Waals surface area contributed by atoms with Crippen LogP contribution in [0, 0.1) is 0 Å². The van der Waals surface area contributed by atoms with E-state index < -0.39 is 17.7 Å². The Kier molecular flexibility index (Phi) is 8.79. The lowest BCUT2D eigenvalue weighted by Crippen LogP contribution is -2.55. The van der Waals surface area contributed by atoms with E-state index in [1.807, 2.05) is 43.6 Å². The van der Waals surface area contributed by atoms with E-state index in [2.05, 4.69) is 15.3 Å². The van der Waals surface area contributed by atoms with Gasteiger partial charge in [-0.3, -0.25) is 9.69 Å². The van der Waals surface area contributed by atoms with E-state index in [1.165, 1.54) is 0 Å². The predicted molar refractivity (Wildman–Crippen MR) is 150 cm³/mol. The molecule has 2 aliphatic heterocycles. The molecule has 38 heavy (non-hydrogen) atoms. The van der Waals surface area contributed by atoms with Crippen LogP contribution in [0.4, 0.5) is 16.6 Å². The number of amides is 2. The fourth-order valence-corrected chi connectivity index (χ4v) is 5.36. The molecule has 2 aliphatic rings. The van der Waals surface area contributed by atoms with Gasteiger partial charge in [-0.1, -0.05) is 40.9 Å². The summed E-state index contributed by atoms with van der Waals surface area (Å²) in [6.07, 6.45) is 2.56. The number of nitrogens with one attached hydrogen (secondary N) is 1. The third-order valence-corrected chi connectivity index (χ3v) is 7.39. The number of carbonyl (C=O) groups is 2. The first-order valence-electron chi connectivity index (χ1n) is 12.7. The molecule has 2 atom stereocenters. The standard InChI is InChI=1S/C26H33Cl3N6O3/c1-16(18-8-7-17(27)14-19(18)28)31-22-20(29)15-30-24(32-22)34-12-10-33(11-13-34)23(36)21-6-5-9-35(21)25(37)38-26(2,3)4/h7-8,14-16,21H,5-6,9-13H2,1-4H3,(H,30,31,32)/t16-,21+/m1/s1. The van der Waals surface area contributed by atoms with E-state index in [9.17, 15) is 9.59 Å². The van der Waals surface area contributed by atoms with E-state index in [-0.39, 0.29) is 11.9 Å². The van der Waals surface area contributed by atoms with E-state index in [0.29, 0.717) is 66.0 Å². The fraction of sp³-hybridized carbons (Fsp3) is 0.538. The molecular weight excluding hydrogens is 551 g/mol. The first-order chi connectivity index (χ1) is 17.9. The molecule has 0 saturated carbocycles. The van der Waals surface area contributed by atoms with Crippen LogP contribution >= 0.6 is 34.8 Å². The fourth-order valence-electron chi connectivity index (χ4n) is 4.65. The molecular formula is C26H33Cl3N6O3. The third kappa shape index (κ3) is 6.74. The molecule has 0 spiro atoms. The maximum atomic E-state index is 13.3. The summed E-state index contributed by atoms with van der Waals surface area (Å²) < 4.78 is 5.51. The molecule has 0 bridgehead atoms. The minimum atomic E-state index is -0.607. The van der Waals surface area contributed by atoms with Crippen molar-refractivity contribution in [3.05, 3.63) is 45.0 Å². The maximum Gasteiger partial charge on any atom is 0.410 e. The normalized spacial score (nSPS) is 18.9. The van der Waals surface area contributed by atoms with Gasteiger partial charge in [0.1, 0.15) is 16.7 Å². The predicted octanol–water partition coefficient (Wildman–Crippen LogP) is 5.66. The van der Waals surface area contributed by atoms with Gasteiger partial charge in [0.25, 0.3) is 0 Å². The zero-order valence-electron chi connectivity index (χ0n) is 22.0. The number of rotatable bonds is 5. The largest absolute Gasteiger partial charge is 0.444 e. The molecule has 206 valence electrons. The van der Waals surface area contributed by atoms with Crippen LogP contribution in [0.5, 0.6) is 0 Å². The Morgan fingerprint density at radius 3 is 2.45 bits per heavy atom. The van der Waals surface area contributed by atoms with Gasteiger partial charge < -0.3 is 19.9 Å². The van der Waals surface area contributed by atoms with Gasteiger partial charge in [0, 0.05) is 42.8 Å². The second-order valence-corrected chi connectivity index (χ2v) is 11.8. The third-order valence-electron chi connectivity index (χ3n) is 6.55. The number of benzene rings is 1. The zero-order chi connectivity index (χ0) is 27.6. The lowest BCUT2D eigenvalue weighted by Gasteiger charge is -2.37. The van der Waals surface area contributed by atoms with Crippen molar-refractivity contribution in [2.24, 2.45) is 0 Å². The van der Waals surface area contributed by atoms with Crippen molar-refractivity contribution in [1.29, 1.82) is 0 Å². The van der Waals surface area contributed by atoms with Crippen molar-refractivity contribution < 1.29 is 14.3 Å². The molecule has 1 aromatic carbocycles. The smallest absolute Gasteiger partial charge is 0.410 e. The van der Waals surface area contributed by atoms with Gasteiger partial charge in [-0.15, -0.1) is 0 Å². The van der Waals surface area contributed by atoms with Gasteiger partial charge >= 0.3 is 6.09 Å². The lowest BCUT2D eigenvalue weighted by atomic mass is 10.1. The summed E-state index contributed by atoms with van der Waals surface area (Å²) in [5, 5.41) is 4.82. The monoisotopic (exact) mass is 582 g/mol. The van der Waals surface area contributed by atoms with Crippen LogP contribution in [-0.4, -0.2) is 76.1 Å². The highest BCUT2D eigenvalue weighted by molar-refractivity contribution is 6.35. The number of piperazine rings is 1. The zero-order valence-corrected chi connectivity index (χ0v) is 24.3. The number of carbonyl (C=O) groups excluding carboxylic acids is 2. The minimum absolute atomic E-state index is 0.0407. The summed E-state index contributed by atoms with van der Waals surface area (Å²) in [6.45, 7) is 10.1. The summed E-state index contributed by atoms with van der Waals surface area (Å²) in [4.78, 5) is 40.4. The van der Waals surface area contributed by atoms with Crippen molar-refractivity contribution in [2.75, 3.05) is 42.9 Å². The van der Waals surface area contributed by atoms with Gasteiger partial charge in [-0.2, -0.15) is 4.98 Å². The Labute approximate surface area is 238 Å². The van der Waals surface area contributed by atoms with Crippen LogP contribution in [0.25, 0.3) is 0 Å². The molecule has 3 heterocycles. The maximum absolute atomic E-state index is 13.3. The molecule has 0 unspecified atom stereocenters. The molecule has 0 aliphatic carbocycles. The van der Waals surface area contributed by atoms with Crippen LogP contribution in [0.3, 0.4) is 0 Å². The molecule has 2 amide bonds. The van der Waals surface area contributed by atoms with Crippen LogP contribution in [0.15, 0.2) is 24.4 Å². The molecule has 2 saturated heterocycles. The molecule has 9 nitrogen and oxygen atoms in total. The van der Waals surface area contributed by atoms with E-state index >= 15 is 0 Å². The van der Waals surface area contributed by atoms with Gasteiger partial charge in [0.2, 0.25) is 11.9 Å². The van der Waals surface area contributed by atoms with Crippen LogP contribution in [-0.2, 0) is 9.53 Å². The summed E-state index contributed by atoms with van der Waals surface area (Å²) in [5.74, 6) is 0.975. The van der Waals surface area contributed by atoms with Gasteiger partial charge in [-0.05, 0) is 58.2 Å². The molecule has 1 N–H and O–H groups in total. The second kappa shape index (κ2) is 11.7. The summed E-state index contributed by atoms with van der Waals surface area (Å²) in [5.41, 5.74) is 0.260. The van der Waals surface area contributed by atoms with E-state index in [1.54, 1.807) is 23.2 Å². The Hall–Kier alpha value is -2.49. The quantitative estimate of drug-likeness (QED) is 0.486. The number of hydrogen-bond acceptors (Lipinski definition) is 7. The topological polar surface area (TPSA) is 90.9 Å². The van der Waals surface area contributed by atoms with Gasteiger partial charge in [0.15, 0.2) is 5.82 Å². The molecule has 12 heteroatoms.